The van der Waals surface area contributed by atoms with Gasteiger partial charge in [-0.3, -0.25) is 4.79 Å². The number of hydrogen-bond acceptors (Lipinski definition) is 2. The summed E-state index contributed by atoms with van der Waals surface area (Å²) in [6.45, 7) is 2.26. The quantitative estimate of drug-likeness (QED) is 0.889. The van der Waals surface area contributed by atoms with Crippen molar-refractivity contribution in [1.29, 1.82) is 0 Å². The third-order valence-electron chi connectivity index (χ3n) is 4.38. The van der Waals surface area contributed by atoms with E-state index in [-0.39, 0.29) is 17.8 Å². The summed E-state index contributed by atoms with van der Waals surface area (Å²) in [7, 11) is 0. The summed E-state index contributed by atoms with van der Waals surface area (Å²) in [5, 5.41) is 3.00. The summed E-state index contributed by atoms with van der Waals surface area (Å²) in [5.74, 6) is -0.272. The Morgan fingerprint density at radius 2 is 2.10 bits per heavy atom. The number of benzene rings is 1. The van der Waals surface area contributed by atoms with Crippen molar-refractivity contribution in [2.75, 3.05) is 6.54 Å². The number of nitrogens with one attached hydrogen (secondary N) is 1. The van der Waals surface area contributed by atoms with Gasteiger partial charge in [-0.15, -0.1) is 0 Å². The van der Waals surface area contributed by atoms with Crippen molar-refractivity contribution >= 4 is 5.91 Å². The van der Waals surface area contributed by atoms with Crippen LogP contribution in [0, 0.1) is 11.2 Å². The van der Waals surface area contributed by atoms with Gasteiger partial charge in [0.1, 0.15) is 5.82 Å². The fourth-order valence-electron chi connectivity index (χ4n) is 2.96. The molecule has 1 aliphatic carbocycles. The Bertz CT molecular complexity index is 469. The lowest BCUT2D eigenvalue weighted by molar-refractivity contribution is -0.133. The summed E-state index contributed by atoms with van der Waals surface area (Å²) in [6, 6.07) is 6.14. The maximum Gasteiger partial charge on any atom is 0.227 e. The molecule has 1 aliphatic rings. The van der Waals surface area contributed by atoms with Gasteiger partial charge in [0.05, 0.1) is 11.5 Å². The average molecular weight is 278 g/mol. The van der Waals surface area contributed by atoms with Gasteiger partial charge in [0, 0.05) is 6.54 Å². The van der Waals surface area contributed by atoms with Gasteiger partial charge in [-0.1, -0.05) is 31.4 Å². The van der Waals surface area contributed by atoms with E-state index in [9.17, 15) is 9.18 Å². The third-order valence-corrected chi connectivity index (χ3v) is 4.38. The lowest BCUT2D eigenvalue weighted by Crippen LogP contribution is -2.47. The van der Waals surface area contributed by atoms with E-state index in [1.54, 1.807) is 6.07 Å². The second kappa shape index (κ2) is 6.35. The van der Waals surface area contributed by atoms with E-state index in [2.05, 4.69) is 5.32 Å². The van der Waals surface area contributed by atoms with Gasteiger partial charge in [0.25, 0.3) is 0 Å². The van der Waals surface area contributed by atoms with Gasteiger partial charge in [-0.25, -0.2) is 4.39 Å². The monoisotopic (exact) mass is 278 g/mol. The molecule has 0 aromatic heterocycles. The molecule has 110 valence electrons. The standard InChI is InChI=1S/C16H23FN2O/c1-12(13-6-5-7-14(17)10-13)19-15(20)16(11-18)8-3-2-4-9-16/h5-7,10,12H,2-4,8-9,11,18H2,1H3,(H,19,20)/t12-/m1/s1. The Morgan fingerprint density at radius 3 is 2.70 bits per heavy atom. The van der Waals surface area contributed by atoms with Gasteiger partial charge < -0.3 is 11.1 Å². The van der Waals surface area contributed by atoms with Crippen LogP contribution in [0.4, 0.5) is 4.39 Å². The molecule has 0 bridgehead atoms. The molecule has 3 N–H and O–H groups in total. The van der Waals surface area contributed by atoms with Gasteiger partial charge in [-0.2, -0.15) is 0 Å². The molecule has 0 saturated heterocycles. The molecule has 1 atom stereocenters. The van der Waals surface area contributed by atoms with Gasteiger partial charge >= 0.3 is 0 Å². The zero-order valence-corrected chi connectivity index (χ0v) is 12.0. The largest absolute Gasteiger partial charge is 0.349 e. The zero-order chi connectivity index (χ0) is 14.6. The van der Waals surface area contributed by atoms with Crippen molar-refractivity contribution in [3.8, 4) is 0 Å². The third kappa shape index (κ3) is 3.18. The molecule has 1 saturated carbocycles. The number of rotatable bonds is 4. The first-order valence-electron chi connectivity index (χ1n) is 7.34. The summed E-state index contributed by atoms with van der Waals surface area (Å²) in [6.07, 6.45) is 4.99. The zero-order valence-electron chi connectivity index (χ0n) is 12.0. The molecule has 1 fully saturated rings. The number of amides is 1. The van der Waals surface area contributed by atoms with Crippen LogP contribution in [0.3, 0.4) is 0 Å². The second-order valence-electron chi connectivity index (χ2n) is 5.80. The van der Waals surface area contributed by atoms with Crippen molar-refractivity contribution in [1.82, 2.24) is 5.32 Å². The second-order valence-corrected chi connectivity index (χ2v) is 5.80. The van der Waals surface area contributed by atoms with Crippen molar-refractivity contribution in [2.24, 2.45) is 11.1 Å². The molecule has 2 rings (SSSR count). The molecule has 0 aliphatic heterocycles. The number of halogens is 1. The van der Waals surface area contributed by atoms with Crippen molar-refractivity contribution in [3.63, 3.8) is 0 Å². The van der Waals surface area contributed by atoms with Gasteiger partial charge in [0.2, 0.25) is 5.91 Å². The molecule has 0 spiro atoms. The van der Waals surface area contributed by atoms with Crippen molar-refractivity contribution in [2.45, 2.75) is 45.1 Å². The first-order chi connectivity index (χ1) is 9.57. The molecule has 3 nitrogen and oxygen atoms in total. The highest BCUT2D eigenvalue weighted by Crippen LogP contribution is 2.36. The predicted molar refractivity (Wildman–Crippen MR) is 77.5 cm³/mol. The van der Waals surface area contributed by atoms with Crippen LogP contribution in [-0.2, 0) is 4.79 Å². The number of hydrogen-bond donors (Lipinski definition) is 2. The lowest BCUT2D eigenvalue weighted by Gasteiger charge is -2.35. The van der Waals surface area contributed by atoms with Crippen molar-refractivity contribution < 1.29 is 9.18 Å². The Balaban J connectivity index is 2.06. The number of nitrogens with two attached hydrogens (primary N) is 1. The Morgan fingerprint density at radius 1 is 1.40 bits per heavy atom. The fourth-order valence-corrected chi connectivity index (χ4v) is 2.96. The molecule has 1 aromatic carbocycles. The first-order valence-corrected chi connectivity index (χ1v) is 7.34. The SMILES string of the molecule is C[C@@H](NC(=O)C1(CN)CCCCC1)c1cccc(F)c1. The highest BCUT2D eigenvalue weighted by molar-refractivity contribution is 5.83. The topological polar surface area (TPSA) is 55.1 Å². The molecular weight excluding hydrogens is 255 g/mol. The Hall–Kier alpha value is -1.42. The Kier molecular flexibility index (Phi) is 4.76. The summed E-state index contributed by atoms with van der Waals surface area (Å²) in [5.41, 5.74) is 6.21. The van der Waals surface area contributed by atoms with Crippen LogP contribution in [0.1, 0.15) is 50.6 Å². The molecule has 20 heavy (non-hydrogen) atoms. The van der Waals surface area contributed by atoms with Crippen LogP contribution in [0.25, 0.3) is 0 Å². The normalized spacial score (nSPS) is 19.4. The molecule has 1 aromatic rings. The maximum absolute atomic E-state index is 13.2. The first kappa shape index (κ1) is 15.0. The molecule has 0 radical (unpaired) electrons. The lowest BCUT2D eigenvalue weighted by atomic mass is 9.73. The van der Waals surface area contributed by atoms with Crippen LogP contribution in [-0.4, -0.2) is 12.5 Å². The summed E-state index contributed by atoms with van der Waals surface area (Å²) < 4.78 is 13.2. The summed E-state index contributed by atoms with van der Waals surface area (Å²) in [4.78, 5) is 12.5. The van der Waals surface area contributed by atoms with E-state index in [0.29, 0.717) is 6.54 Å². The molecular formula is C16H23FN2O. The molecule has 0 unspecified atom stereocenters. The van der Waals surface area contributed by atoms with E-state index in [1.165, 1.54) is 18.6 Å². The van der Waals surface area contributed by atoms with E-state index in [0.717, 1.165) is 31.2 Å². The van der Waals surface area contributed by atoms with Crippen LogP contribution in [0.2, 0.25) is 0 Å². The number of carbonyl (C=O) groups is 1. The molecule has 4 heteroatoms. The maximum atomic E-state index is 13.2. The average Bonchev–Trinajstić information content (AvgIpc) is 2.47. The summed E-state index contributed by atoms with van der Waals surface area (Å²) >= 11 is 0. The smallest absolute Gasteiger partial charge is 0.227 e. The van der Waals surface area contributed by atoms with E-state index in [4.69, 9.17) is 5.73 Å². The highest BCUT2D eigenvalue weighted by atomic mass is 19.1. The van der Waals surface area contributed by atoms with E-state index >= 15 is 0 Å². The minimum atomic E-state index is -0.431. The molecule has 0 heterocycles. The molecule has 1 amide bonds. The predicted octanol–water partition coefficient (Wildman–Crippen LogP) is 2.91. The van der Waals surface area contributed by atoms with Crippen LogP contribution in [0.15, 0.2) is 24.3 Å². The fraction of sp³-hybridized carbons (Fsp3) is 0.562. The van der Waals surface area contributed by atoms with Gasteiger partial charge in [-0.05, 0) is 37.5 Å². The Labute approximate surface area is 119 Å². The van der Waals surface area contributed by atoms with Crippen molar-refractivity contribution in [3.05, 3.63) is 35.6 Å². The highest BCUT2D eigenvalue weighted by Gasteiger charge is 2.38. The van der Waals surface area contributed by atoms with E-state index < -0.39 is 5.41 Å². The minimum absolute atomic E-state index is 0.0106. The van der Waals surface area contributed by atoms with Crippen LogP contribution >= 0.6 is 0 Å². The minimum Gasteiger partial charge on any atom is -0.349 e. The van der Waals surface area contributed by atoms with Gasteiger partial charge in [0.15, 0.2) is 0 Å². The van der Waals surface area contributed by atoms with E-state index in [1.807, 2.05) is 13.0 Å². The van der Waals surface area contributed by atoms with Crippen LogP contribution in [0.5, 0.6) is 0 Å². The van der Waals surface area contributed by atoms with Crippen LogP contribution < -0.4 is 11.1 Å². The number of carbonyl (C=O) groups excluding carboxylic acids is 1.